The summed E-state index contributed by atoms with van der Waals surface area (Å²) in [5.41, 5.74) is 5.63. The van der Waals surface area contributed by atoms with Crippen LogP contribution in [0.15, 0.2) is 61.2 Å². The van der Waals surface area contributed by atoms with Crippen LogP contribution in [-0.2, 0) is 4.74 Å². The van der Waals surface area contributed by atoms with Gasteiger partial charge in [0.25, 0.3) is 0 Å². The summed E-state index contributed by atoms with van der Waals surface area (Å²) < 4.78 is 18.0. The van der Waals surface area contributed by atoms with Crippen LogP contribution in [0.5, 0.6) is 0 Å². The van der Waals surface area contributed by atoms with Crippen LogP contribution >= 0.6 is 0 Å². The second-order valence-corrected chi connectivity index (χ2v) is 10.7. The number of hydrogen-bond acceptors (Lipinski definition) is 1. The lowest BCUT2D eigenvalue weighted by Gasteiger charge is -2.29. The number of alkyl halides is 1. The highest BCUT2D eigenvalue weighted by molar-refractivity contribution is 5.64. The number of unbranched alkanes of at least 4 members (excludes halogenated alkanes) is 1. The molecule has 0 radical (unpaired) electrons. The van der Waals surface area contributed by atoms with Crippen LogP contribution in [0.2, 0.25) is 0 Å². The largest absolute Gasteiger partial charge is 0.377 e. The van der Waals surface area contributed by atoms with Gasteiger partial charge in [-0.1, -0.05) is 67.4 Å². The van der Waals surface area contributed by atoms with Crippen molar-refractivity contribution < 1.29 is 9.13 Å². The molecule has 0 aliphatic heterocycles. The van der Waals surface area contributed by atoms with Crippen LogP contribution in [0.4, 0.5) is 4.39 Å². The summed E-state index contributed by atoms with van der Waals surface area (Å²) in [6.45, 7) is 5.13. The van der Waals surface area contributed by atoms with Crippen molar-refractivity contribution in [1.82, 2.24) is 0 Å². The molecule has 2 aromatic carbocycles. The van der Waals surface area contributed by atoms with Crippen LogP contribution < -0.4 is 0 Å². The lowest BCUT2D eigenvalue weighted by molar-refractivity contribution is 0.102. The Labute approximate surface area is 206 Å². The molecule has 2 heteroatoms. The molecular formula is C32H43FO. The molecule has 0 N–H and O–H groups in total. The third-order valence-electron chi connectivity index (χ3n) is 8.38. The SMILES string of the molecule is C=CCOC[C@H]1CC[C@H](c2ccc(-c3ccc([C@H]4CC[C@H](CCCCF)CC4)cc3)cc2)CC1. The maximum absolute atomic E-state index is 12.3. The van der Waals surface area contributed by atoms with E-state index in [1.807, 2.05) is 6.08 Å². The summed E-state index contributed by atoms with van der Waals surface area (Å²) in [5, 5.41) is 0. The van der Waals surface area contributed by atoms with Crippen molar-refractivity contribution in [1.29, 1.82) is 0 Å². The summed E-state index contributed by atoms with van der Waals surface area (Å²) in [6, 6.07) is 18.7. The van der Waals surface area contributed by atoms with Crippen molar-refractivity contribution in [3.05, 3.63) is 72.3 Å². The van der Waals surface area contributed by atoms with Crippen LogP contribution in [-0.4, -0.2) is 19.9 Å². The van der Waals surface area contributed by atoms with Crippen LogP contribution in [0.25, 0.3) is 11.1 Å². The predicted octanol–water partition coefficient (Wildman–Crippen LogP) is 9.24. The lowest BCUT2D eigenvalue weighted by Crippen LogP contribution is -2.18. The van der Waals surface area contributed by atoms with E-state index in [4.69, 9.17) is 4.74 Å². The smallest absolute Gasteiger partial charge is 0.0894 e. The fourth-order valence-electron chi connectivity index (χ4n) is 6.19. The Morgan fingerprint density at radius 1 is 0.706 bits per heavy atom. The van der Waals surface area contributed by atoms with Gasteiger partial charge in [0.05, 0.1) is 13.3 Å². The van der Waals surface area contributed by atoms with Crippen molar-refractivity contribution in [3.63, 3.8) is 0 Å². The molecule has 1 nitrogen and oxygen atoms in total. The molecule has 0 atom stereocenters. The summed E-state index contributed by atoms with van der Waals surface area (Å²) in [4.78, 5) is 0. The van der Waals surface area contributed by atoms with Gasteiger partial charge in [0, 0.05) is 6.61 Å². The zero-order chi connectivity index (χ0) is 23.6. The van der Waals surface area contributed by atoms with E-state index in [1.54, 1.807) is 0 Å². The zero-order valence-corrected chi connectivity index (χ0v) is 20.9. The third kappa shape index (κ3) is 7.04. The fourth-order valence-corrected chi connectivity index (χ4v) is 6.19. The van der Waals surface area contributed by atoms with E-state index >= 15 is 0 Å². The normalized spacial score (nSPS) is 25.2. The molecule has 0 spiro atoms. The third-order valence-corrected chi connectivity index (χ3v) is 8.38. The molecule has 0 aromatic heterocycles. The van der Waals surface area contributed by atoms with Crippen molar-refractivity contribution in [2.24, 2.45) is 11.8 Å². The summed E-state index contributed by atoms with van der Waals surface area (Å²) >= 11 is 0. The van der Waals surface area contributed by atoms with Gasteiger partial charge in [-0.2, -0.15) is 0 Å². The molecule has 2 fully saturated rings. The maximum atomic E-state index is 12.3. The Bertz CT molecular complexity index is 840. The second kappa shape index (κ2) is 13.2. The van der Waals surface area contributed by atoms with E-state index in [1.165, 1.54) is 80.0 Å². The van der Waals surface area contributed by atoms with Crippen LogP contribution in [0.3, 0.4) is 0 Å². The highest BCUT2D eigenvalue weighted by Gasteiger charge is 2.23. The highest BCUT2D eigenvalue weighted by Crippen LogP contribution is 2.39. The minimum atomic E-state index is -0.155. The molecule has 2 saturated carbocycles. The van der Waals surface area contributed by atoms with Gasteiger partial charge in [0.2, 0.25) is 0 Å². The van der Waals surface area contributed by atoms with Gasteiger partial charge in [-0.15, -0.1) is 6.58 Å². The van der Waals surface area contributed by atoms with E-state index in [0.717, 1.165) is 25.4 Å². The average Bonchev–Trinajstić information content (AvgIpc) is 2.90. The first-order valence-electron chi connectivity index (χ1n) is 13.7. The first-order chi connectivity index (χ1) is 16.8. The van der Waals surface area contributed by atoms with Crippen molar-refractivity contribution in [2.75, 3.05) is 19.9 Å². The van der Waals surface area contributed by atoms with E-state index in [0.29, 0.717) is 24.4 Å². The fraction of sp³-hybridized carbons (Fsp3) is 0.562. The Hall–Kier alpha value is -1.93. The predicted molar refractivity (Wildman–Crippen MR) is 142 cm³/mol. The Morgan fingerprint density at radius 2 is 1.21 bits per heavy atom. The van der Waals surface area contributed by atoms with Gasteiger partial charge < -0.3 is 4.74 Å². The Kier molecular flexibility index (Phi) is 9.80. The molecule has 0 amide bonds. The van der Waals surface area contributed by atoms with Gasteiger partial charge in [0.1, 0.15) is 0 Å². The van der Waals surface area contributed by atoms with E-state index in [2.05, 4.69) is 55.1 Å². The first-order valence-corrected chi connectivity index (χ1v) is 13.7. The van der Waals surface area contributed by atoms with Gasteiger partial charge in [-0.25, -0.2) is 0 Å². The first kappa shape index (κ1) is 25.2. The minimum Gasteiger partial charge on any atom is -0.377 e. The number of benzene rings is 2. The summed E-state index contributed by atoms with van der Waals surface area (Å²) in [5.74, 6) is 2.93. The topological polar surface area (TPSA) is 9.23 Å². The molecule has 184 valence electrons. The summed E-state index contributed by atoms with van der Waals surface area (Å²) in [7, 11) is 0. The number of hydrogen-bond donors (Lipinski definition) is 0. The lowest BCUT2D eigenvalue weighted by atomic mass is 9.77. The van der Waals surface area contributed by atoms with E-state index in [9.17, 15) is 4.39 Å². The van der Waals surface area contributed by atoms with Gasteiger partial charge in [-0.05, 0) is 104 Å². The molecule has 2 aromatic rings. The molecule has 0 unspecified atom stereocenters. The molecule has 34 heavy (non-hydrogen) atoms. The number of ether oxygens (including phenoxy) is 1. The van der Waals surface area contributed by atoms with Gasteiger partial charge >= 0.3 is 0 Å². The van der Waals surface area contributed by atoms with Crippen molar-refractivity contribution in [2.45, 2.75) is 82.5 Å². The minimum absolute atomic E-state index is 0.155. The van der Waals surface area contributed by atoms with E-state index in [-0.39, 0.29) is 6.67 Å². The van der Waals surface area contributed by atoms with Gasteiger partial charge in [0.15, 0.2) is 0 Å². The Morgan fingerprint density at radius 3 is 1.68 bits per heavy atom. The number of rotatable bonds is 11. The molecule has 0 bridgehead atoms. The molecule has 2 aliphatic rings. The second-order valence-electron chi connectivity index (χ2n) is 10.7. The Balaban J connectivity index is 1.26. The standard InChI is InChI=1S/C32H43FO/c1-2-23-34-24-26-8-12-28(13-9-26)30-16-20-32(21-17-30)31-18-14-29(15-19-31)27-10-6-25(7-11-27)5-3-4-22-33/h2,14-21,25-28H,1,3-13,22-24H2/t25-,26-,27-,28-. The monoisotopic (exact) mass is 462 g/mol. The van der Waals surface area contributed by atoms with Crippen LogP contribution in [0, 0.1) is 11.8 Å². The quantitative estimate of drug-likeness (QED) is 0.239. The number of halogens is 1. The molecule has 0 saturated heterocycles. The van der Waals surface area contributed by atoms with E-state index < -0.39 is 0 Å². The van der Waals surface area contributed by atoms with Crippen LogP contribution in [0.1, 0.15) is 93.6 Å². The molecule has 2 aliphatic carbocycles. The summed E-state index contributed by atoms with van der Waals surface area (Å²) in [6.07, 6.45) is 15.1. The molecular weight excluding hydrogens is 419 g/mol. The molecule has 4 rings (SSSR count). The maximum Gasteiger partial charge on any atom is 0.0894 e. The van der Waals surface area contributed by atoms with Crippen molar-refractivity contribution >= 4 is 0 Å². The zero-order valence-electron chi connectivity index (χ0n) is 20.9. The van der Waals surface area contributed by atoms with Crippen molar-refractivity contribution in [3.8, 4) is 11.1 Å². The van der Waals surface area contributed by atoms with Gasteiger partial charge in [-0.3, -0.25) is 4.39 Å². The molecule has 0 heterocycles. The average molecular weight is 463 g/mol. The highest BCUT2D eigenvalue weighted by atomic mass is 19.1.